The van der Waals surface area contributed by atoms with E-state index in [2.05, 4.69) is 41.0 Å². The summed E-state index contributed by atoms with van der Waals surface area (Å²) in [6, 6.07) is 2.32. The zero-order valence-corrected chi connectivity index (χ0v) is 12.6. The Labute approximate surface area is 116 Å². The Morgan fingerprint density at radius 1 is 1.32 bits per heavy atom. The van der Waals surface area contributed by atoms with E-state index in [0.717, 1.165) is 37.6 Å². The van der Waals surface area contributed by atoms with Crippen molar-refractivity contribution >= 4 is 11.8 Å². The van der Waals surface area contributed by atoms with Crippen molar-refractivity contribution in [3.05, 3.63) is 11.8 Å². The number of nitrogen functional groups attached to an aromatic ring is 1. The number of hydrogen-bond acceptors (Lipinski definition) is 5. The number of aryl methyl sites for hydroxylation is 1. The Hall–Kier alpha value is -1.36. The van der Waals surface area contributed by atoms with Crippen LogP contribution in [0.5, 0.6) is 0 Å². The van der Waals surface area contributed by atoms with Gasteiger partial charge in [-0.2, -0.15) is 4.98 Å². The van der Waals surface area contributed by atoms with Gasteiger partial charge in [0.05, 0.1) is 0 Å². The van der Waals surface area contributed by atoms with Gasteiger partial charge in [-0.3, -0.25) is 0 Å². The van der Waals surface area contributed by atoms with Crippen LogP contribution in [0.2, 0.25) is 0 Å². The van der Waals surface area contributed by atoms with E-state index in [4.69, 9.17) is 5.73 Å². The molecule has 0 radical (unpaired) electrons. The molecule has 0 saturated heterocycles. The average Bonchev–Trinajstić information content (AvgIpc) is 2.33. The van der Waals surface area contributed by atoms with Gasteiger partial charge in [-0.25, -0.2) is 4.98 Å². The zero-order valence-electron chi connectivity index (χ0n) is 12.6. The van der Waals surface area contributed by atoms with Gasteiger partial charge in [-0.1, -0.05) is 13.8 Å². The van der Waals surface area contributed by atoms with Crippen LogP contribution in [0.25, 0.3) is 0 Å². The number of nitrogens with one attached hydrogen (secondary N) is 1. The number of rotatable bonds is 8. The highest BCUT2D eigenvalue weighted by molar-refractivity contribution is 5.40. The van der Waals surface area contributed by atoms with Crippen molar-refractivity contribution in [1.82, 2.24) is 14.9 Å². The smallest absolute Gasteiger partial charge is 0.222 e. The lowest BCUT2D eigenvalue weighted by atomic mass is 10.1. The van der Waals surface area contributed by atoms with E-state index in [-0.39, 0.29) is 0 Å². The predicted molar refractivity (Wildman–Crippen MR) is 81.3 cm³/mol. The minimum atomic E-state index is 0.331. The van der Waals surface area contributed by atoms with E-state index in [1.807, 2.05) is 13.0 Å². The fourth-order valence-electron chi connectivity index (χ4n) is 2.15. The third kappa shape index (κ3) is 5.87. The summed E-state index contributed by atoms with van der Waals surface area (Å²) in [7, 11) is 0. The Morgan fingerprint density at radius 2 is 2.00 bits per heavy atom. The van der Waals surface area contributed by atoms with Crippen LogP contribution < -0.4 is 11.1 Å². The number of hydrogen-bond donors (Lipinski definition) is 2. The van der Waals surface area contributed by atoms with Gasteiger partial charge < -0.3 is 16.0 Å². The molecule has 0 saturated carbocycles. The second-order valence-corrected chi connectivity index (χ2v) is 4.97. The van der Waals surface area contributed by atoms with Gasteiger partial charge in [-0.15, -0.1) is 0 Å². The number of aromatic nitrogens is 2. The maximum Gasteiger partial charge on any atom is 0.222 e. The third-order valence-corrected chi connectivity index (χ3v) is 3.27. The molecule has 1 aromatic rings. The molecule has 1 unspecified atom stereocenters. The molecule has 1 heterocycles. The standard InChI is InChI=1S/C14H27N5/c1-5-19(6-2)9-7-8-11(3)16-13-10-12(4)17-14(15)18-13/h10-11H,5-9H2,1-4H3,(H3,15,16,17,18). The first-order valence-corrected chi connectivity index (χ1v) is 7.15. The molecular weight excluding hydrogens is 238 g/mol. The summed E-state index contributed by atoms with van der Waals surface area (Å²) >= 11 is 0. The van der Waals surface area contributed by atoms with Crippen molar-refractivity contribution in [2.45, 2.75) is 46.6 Å². The Morgan fingerprint density at radius 3 is 2.58 bits per heavy atom. The third-order valence-electron chi connectivity index (χ3n) is 3.27. The van der Waals surface area contributed by atoms with E-state index in [9.17, 15) is 0 Å². The lowest BCUT2D eigenvalue weighted by molar-refractivity contribution is 0.295. The van der Waals surface area contributed by atoms with Crippen LogP contribution in [0.15, 0.2) is 6.07 Å². The van der Waals surface area contributed by atoms with E-state index in [0.29, 0.717) is 12.0 Å². The highest BCUT2D eigenvalue weighted by atomic mass is 15.1. The molecule has 0 fully saturated rings. The SMILES string of the molecule is CCN(CC)CCCC(C)Nc1cc(C)nc(N)n1. The van der Waals surface area contributed by atoms with Gasteiger partial charge in [0.1, 0.15) is 5.82 Å². The molecule has 0 aromatic carbocycles. The summed E-state index contributed by atoms with van der Waals surface area (Å²) in [5.74, 6) is 1.15. The summed E-state index contributed by atoms with van der Waals surface area (Å²) in [5.41, 5.74) is 6.54. The van der Waals surface area contributed by atoms with E-state index >= 15 is 0 Å². The minimum Gasteiger partial charge on any atom is -0.368 e. The number of anilines is 2. The van der Waals surface area contributed by atoms with E-state index in [1.54, 1.807) is 0 Å². The second-order valence-electron chi connectivity index (χ2n) is 4.97. The molecule has 0 aliphatic rings. The van der Waals surface area contributed by atoms with Crippen LogP contribution in [0, 0.1) is 6.92 Å². The largest absolute Gasteiger partial charge is 0.368 e. The molecule has 1 aromatic heterocycles. The fraction of sp³-hybridized carbons (Fsp3) is 0.714. The first-order chi connectivity index (χ1) is 9.05. The Balaban J connectivity index is 2.36. The monoisotopic (exact) mass is 265 g/mol. The molecule has 1 rings (SSSR count). The molecule has 1 atom stereocenters. The normalized spacial score (nSPS) is 12.7. The summed E-state index contributed by atoms with van der Waals surface area (Å²) in [5, 5.41) is 3.38. The predicted octanol–water partition coefficient (Wildman–Crippen LogP) is 2.29. The van der Waals surface area contributed by atoms with Gasteiger partial charge in [0.15, 0.2) is 0 Å². The summed E-state index contributed by atoms with van der Waals surface area (Å²) < 4.78 is 0. The molecule has 19 heavy (non-hydrogen) atoms. The van der Waals surface area contributed by atoms with Crippen LogP contribution in [0.1, 0.15) is 39.3 Å². The summed E-state index contributed by atoms with van der Waals surface area (Å²) in [4.78, 5) is 10.7. The van der Waals surface area contributed by atoms with Gasteiger partial charge in [0.2, 0.25) is 5.95 Å². The number of nitrogens with two attached hydrogens (primary N) is 1. The van der Waals surface area contributed by atoms with Crippen LogP contribution in [0.3, 0.4) is 0 Å². The highest BCUT2D eigenvalue weighted by Gasteiger charge is 2.06. The maximum atomic E-state index is 5.64. The average molecular weight is 265 g/mol. The Kier molecular flexibility index (Phi) is 6.56. The van der Waals surface area contributed by atoms with Crippen molar-refractivity contribution in [3.8, 4) is 0 Å². The lowest BCUT2D eigenvalue weighted by Crippen LogP contribution is -2.25. The van der Waals surface area contributed by atoms with Gasteiger partial charge >= 0.3 is 0 Å². The molecule has 0 amide bonds. The van der Waals surface area contributed by atoms with E-state index in [1.165, 1.54) is 6.42 Å². The second kappa shape index (κ2) is 7.94. The van der Waals surface area contributed by atoms with Crippen molar-refractivity contribution in [2.75, 3.05) is 30.7 Å². The van der Waals surface area contributed by atoms with E-state index < -0.39 is 0 Å². The molecule has 5 heteroatoms. The molecule has 108 valence electrons. The van der Waals surface area contributed by atoms with Crippen LogP contribution in [-0.4, -0.2) is 40.5 Å². The molecule has 0 spiro atoms. The van der Waals surface area contributed by atoms with Crippen molar-refractivity contribution in [1.29, 1.82) is 0 Å². The van der Waals surface area contributed by atoms with Crippen LogP contribution in [0.4, 0.5) is 11.8 Å². The molecule has 3 N–H and O–H groups in total. The number of nitrogens with zero attached hydrogens (tertiary/aromatic N) is 3. The topological polar surface area (TPSA) is 67.1 Å². The molecule has 0 aliphatic carbocycles. The van der Waals surface area contributed by atoms with Crippen molar-refractivity contribution in [2.24, 2.45) is 0 Å². The van der Waals surface area contributed by atoms with Crippen molar-refractivity contribution < 1.29 is 0 Å². The molecular formula is C14H27N5. The van der Waals surface area contributed by atoms with Crippen LogP contribution in [-0.2, 0) is 0 Å². The van der Waals surface area contributed by atoms with Gasteiger partial charge in [-0.05, 0) is 46.3 Å². The highest BCUT2D eigenvalue weighted by Crippen LogP contribution is 2.11. The van der Waals surface area contributed by atoms with Gasteiger partial charge in [0.25, 0.3) is 0 Å². The van der Waals surface area contributed by atoms with Crippen molar-refractivity contribution in [3.63, 3.8) is 0 Å². The minimum absolute atomic E-state index is 0.331. The van der Waals surface area contributed by atoms with Gasteiger partial charge in [0, 0.05) is 17.8 Å². The molecule has 5 nitrogen and oxygen atoms in total. The molecule has 0 aliphatic heterocycles. The first kappa shape index (κ1) is 15.7. The van der Waals surface area contributed by atoms with Crippen LogP contribution >= 0.6 is 0 Å². The summed E-state index contributed by atoms with van der Waals surface area (Å²) in [6.07, 6.45) is 2.31. The first-order valence-electron chi connectivity index (χ1n) is 7.15. The zero-order chi connectivity index (χ0) is 14.3. The molecule has 0 bridgehead atoms. The fourth-order valence-corrected chi connectivity index (χ4v) is 2.15. The summed E-state index contributed by atoms with van der Waals surface area (Å²) in [6.45, 7) is 11.9. The Bertz CT molecular complexity index is 356. The quantitative estimate of drug-likeness (QED) is 0.755. The maximum absolute atomic E-state index is 5.64. The lowest BCUT2D eigenvalue weighted by Gasteiger charge is -2.20.